The number of amides is 3. The molecule has 3 aliphatic heterocycles. The maximum absolute atomic E-state index is 14.0. The first-order chi connectivity index (χ1) is 14.6. The Balaban J connectivity index is 1.33. The van der Waals surface area contributed by atoms with Gasteiger partial charge in [-0.1, -0.05) is 6.07 Å². The first-order valence-electron chi connectivity index (χ1n) is 10.1. The van der Waals surface area contributed by atoms with E-state index in [1.54, 1.807) is 16.7 Å². The Morgan fingerprint density at radius 1 is 1.32 bits per heavy atom. The number of halogens is 4. The van der Waals surface area contributed by atoms with Gasteiger partial charge in [-0.2, -0.15) is 13.2 Å². The number of carbonyl (C=O) groups is 2. The van der Waals surface area contributed by atoms with Gasteiger partial charge in [0.15, 0.2) is 0 Å². The SMILES string of the molecule is CC1C(OCc2c(F)cccc2C(F)(F)F)CN1C(=O)N1CCC2OCC(=O)NC2C1. The van der Waals surface area contributed by atoms with E-state index in [1.807, 2.05) is 0 Å². The van der Waals surface area contributed by atoms with Crippen molar-refractivity contribution in [2.75, 3.05) is 26.2 Å². The van der Waals surface area contributed by atoms with Gasteiger partial charge in [0, 0.05) is 18.7 Å². The van der Waals surface area contributed by atoms with Crippen molar-refractivity contribution < 1.29 is 36.6 Å². The summed E-state index contributed by atoms with van der Waals surface area (Å²) in [5.74, 6) is -1.19. The summed E-state index contributed by atoms with van der Waals surface area (Å²) in [6, 6.07) is 1.93. The topological polar surface area (TPSA) is 71.1 Å². The molecule has 3 heterocycles. The van der Waals surface area contributed by atoms with E-state index < -0.39 is 35.8 Å². The fourth-order valence-electron chi connectivity index (χ4n) is 4.24. The third-order valence-corrected chi connectivity index (χ3v) is 6.11. The van der Waals surface area contributed by atoms with Crippen molar-refractivity contribution in [3.8, 4) is 0 Å². The molecule has 1 N–H and O–H groups in total. The number of benzene rings is 1. The van der Waals surface area contributed by atoms with Crippen LogP contribution in [-0.2, 0) is 27.1 Å². The number of fused-ring (bicyclic) bond motifs is 1. The lowest BCUT2D eigenvalue weighted by molar-refractivity contribution is -0.142. The molecule has 31 heavy (non-hydrogen) atoms. The van der Waals surface area contributed by atoms with Crippen molar-refractivity contribution in [2.45, 2.75) is 50.4 Å². The molecule has 1 aromatic rings. The maximum Gasteiger partial charge on any atom is 0.416 e. The fraction of sp³-hybridized carbons (Fsp3) is 0.600. The lowest BCUT2D eigenvalue weighted by Gasteiger charge is -2.49. The average Bonchev–Trinajstić information content (AvgIpc) is 2.72. The number of nitrogens with one attached hydrogen (secondary N) is 1. The van der Waals surface area contributed by atoms with Crippen LogP contribution in [0.15, 0.2) is 18.2 Å². The maximum atomic E-state index is 14.0. The number of alkyl halides is 3. The summed E-state index contributed by atoms with van der Waals surface area (Å²) >= 11 is 0. The molecule has 0 aromatic heterocycles. The van der Waals surface area contributed by atoms with E-state index in [2.05, 4.69) is 5.32 Å². The zero-order valence-electron chi connectivity index (χ0n) is 16.8. The second-order valence-electron chi connectivity index (χ2n) is 8.05. The number of piperidine rings is 1. The third kappa shape index (κ3) is 4.33. The van der Waals surface area contributed by atoms with Gasteiger partial charge >= 0.3 is 12.2 Å². The molecule has 3 fully saturated rings. The number of carbonyl (C=O) groups excluding carboxylic acids is 2. The minimum Gasteiger partial charge on any atom is -0.369 e. The van der Waals surface area contributed by atoms with Gasteiger partial charge < -0.3 is 24.6 Å². The van der Waals surface area contributed by atoms with Gasteiger partial charge in [0.1, 0.15) is 12.4 Å². The monoisotopic (exact) mass is 445 g/mol. The Morgan fingerprint density at radius 3 is 2.81 bits per heavy atom. The van der Waals surface area contributed by atoms with Crippen LogP contribution in [0, 0.1) is 5.82 Å². The van der Waals surface area contributed by atoms with Crippen LogP contribution in [0.5, 0.6) is 0 Å². The van der Waals surface area contributed by atoms with E-state index in [4.69, 9.17) is 9.47 Å². The highest BCUT2D eigenvalue weighted by atomic mass is 19.4. The zero-order valence-corrected chi connectivity index (χ0v) is 16.8. The lowest BCUT2D eigenvalue weighted by Crippen LogP contribution is -2.67. The molecule has 0 aliphatic carbocycles. The molecule has 7 nitrogen and oxygen atoms in total. The molecule has 3 saturated heterocycles. The van der Waals surface area contributed by atoms with E-state index in [9.17, 15) is 27.2 Å². The summed E-state index contributed by atoms with van der Waals surface area (Å²) in [5, 5.41) is 2.83. The van der Waals surface area contributed by atoms with Crippen molar-refractivity contribution in [3.63, 3.8) is 0 Å². The fourth-order valence-corrected chi connectivity index (χ4v) is 4.24. The van der Waals surface area contributed by atoms with Crippen LogP contribution in [-0.4, -0.2) is 72.3 Å². The second kappa shape index (κ2) is 8.27. The normalized spacial score (nSPS) is 28.6. The van der Waals surface area contributed by atoms with Crippen molar-refractivity contribution >= 4 is 11.9 Å². The molecule has 0 saturated carbocycles. The Labute approximate surface area is 176 Å². The van der Waals surface area contributed by atoms with E-state index >= 15 is 0 Å². The van der Waals surface area contributed by atoms with Gasteiger partial charge in [-0.3, -0.25) is 4.79 Å². The molecule has 3 aliphatic rings. The summed E-state index contributed by atoms with van der Waals surface area (Å²) in [7, 11) is 0. The first kappa shape index (κ1) is 21.8. The molecule has 0 spiro atoms. The summed E-state index contributed by atoms with van der Waals surface area (Å²) < 4.78 is 64.4. The summed E-state index contributed by atoms with van der Waals surface area (Å²) in [5.41, 5.74) is -1.60. The second-order valence-corrected chi connectivity index (χ2v) is 8.05. The van der Waals surface area contributed by atoms with Crippen LogP contribution < -0.4 is 5.32 Å². The molecule has 4 unspecified atom stereocenters. The molecule has 11 heteroatoms. The van der Waals surface area contributed by atoms with Crippen molar-refractivity contribution in [1.29, 1.82) is 0 Å². The molecule has 170 valence electrons. The van der Waals surface area contributed by atoms with Gasteiger partial charge in [-0.25, -0.2) is 9.18 Å². The largest absolute Gasteiger partial charge is 0.416 e. The Morgan fingerprint density at radius 2 is 2.10 bits per heavy atom. The van der Waals surface area contributed by atoms with E-state index in [0.29, 0.717) is 19.5 Å². The predicted molar refractivity (Wildman–Crippen MR) is 99.4 cm³/mol. The van der Waals surface area contributed by atoms with Crippen LogP contribution in [0.25, 0.3) is 0 Å². The Hall–Kier alpha value is -2.40. The van der Waals surface area contributed by atoms with Crippen LogP contribution in [0.2, 0.25) is 0 Å². The molecule has 4 atom stereocenters. The molecule has 1 aromatic carbocycles. The quantitative estimate of drug-likeness (QED) is 0.724. The lowest BCUT2D eigenvalue weighted by atomic mass is 9.98. The van der Waals surface area contributed by atoms with Crippen LogP contribution in [0.3, 0.4) is 0 Å². The van der Waals surface area contributed by atoms with Crippen LogP contribution in [0.4, 0.5) is 22.4 Å². The van der Waals surface area contributed by atoms with E-state index in [1.165, 1.54) is 0 Å². The van der Waals surface area contributed by atoms with Crippen LogP contribution >= 0.6 is 0 Å². The number of rotatable bonds is 3. The highest BCUT2D eigenvalue weighted by molar-refractivity contribution is 5.79. The highest BCUT2D eigenvalue weighted by Gasteiger charge is 2.44. The van der Waals surface area contributed by atoms with Crippen molar-refractivity contribution in [2.24, 2.45) is 0 Å². The van der Waals surface area contributed by atoms with Gasteiger partial charge in [0.2, 0.25) is 5.91 Å². The van der Waals surface area contributed by atoms with Gasteiger partial charge in [0.25, 0.3) is 0 Å². The number of urea groups is 1. The Kier molecular flexibility index (Phi) is 5.82. The highest BCUT2D eigenvalue weighted by Crippen LogP contribution is 2.34. The van der Waals surface area contributed by atoms with Crippen molar-refractivity contribution in [1.82, 2.24) is 15.1 Å². The number of hydrogen-bond donors (Lipinski definition) is 1. The summed E-state index contributed by atoms with van der Waals surface area (Å²) in [6.45, 7) is 2.23. The van der Waals surface area contributed by atoms with E-state index in [0.717, 1.165) is 18.2 Å². The number of likely N-dealkylation sites (tertiary alicyclic amines) is 2. The first-order valence-corrected chi connectivity index (χ1v) is 10.1. The summed E-state index contributed by atoms with van der Waals surface area (Å²) in [6.07, 6.45) is -4.69. The number of morpholine rings is 1. The molecule has 0 bridgehead atoms. The van der Waals surface area contributed by atoms with E-state index in [-0.39, 0.29) is 43.3 Å². The summed E-state index contributed by atoms with van der Waals surface area (Å²) in [4.78, 5) is 27.6. The third-order valence-electron chi connectivity index (χ3n) is 6.11. The Bertz CT molecular complexity index is 865. The molecule has 3 amide bonds. The van der Waals surface area contributed by atoms with Gasteiger partial charge in [-0.15, -0.1) is 0 Å². The molecular formula is C20H23F4N3O4. The number of nitrogens with zero attached hydrogens (tertiary/aromatic N) is 2. The molecular weight excluding hydrogens is 422 g/mol. The van der Waals surface area contributed by atoms with Crippen LogP contribution in [0.1, 0.15) is 24.5 Å². The minimum absolute atomic E-state index is 0.0232. The average molecular weight is 445 g/mol. The number of ether oxygens (including phenoxy) is 2. The minimum atomic E-state index is -4.68. The zero-order chi connectivity index (χ0) is 22.3. The predicted octanol–water partition coefficient (Wildman–Crippen LogP) is 2.14. The molecule has 0 radical (unpaired) electrons. The smallest absolute Gasteiger partial charge is 0.369 e. The van der Waals surface area contributed by atoms with Gasteiger partial charge in [0.05, 0.1) is 43.0 Å². The number of hydrogen-bond acceptors (Lipinski definition) is 4. The van der Waals surface area contributed by atoms with Gasteiger partial charge in [-0.05, 0) is 25.5 Å². The van der Waals surface area contributed by atoms with Crippen molar-refractivity contribution in [3.05, 3.63) is 35.1 Å². The molecule has 4 rings (SSSR count). The standard InChI is InChI=1S/C20H23F4N3O4/c1-11-17(30-9-12-13(20(22,23)24)3-2-4-14(12)21)8-27(11)19(29)26-6-5-16-15(7-26)25-18(28)10-31-16/h2-4,11,15-17H,5-10H2,1H3,(H,25,28).